The first-order chi connectivity index (χ1) is 17.6. The van der Waals surface area contributed by atoms with Crippen LogP contribution >= 0.6 is 11.6 Å². The quantitative estimate of drug-likeness (QED) is 0.335. The molecule has 1 heterocycles. The van der Waals surface area contributed by atoms with Crippen LogP contribution in [0.3, 0.4) is 0 Å². The summed E-state index contributed by atoms with van der Waals surface area (Å²) < 4.78 is 21.5. The fourth-order valence-corrected chi connectivity index (χ4v) is 4.57. The van der Waals surface area contributed by atoms with Gasteiger partial charge < -0.3 is 24.1 Å². The number of ketones is 2. The molecule has 2 aliphatic rings. The van der Waals surface area contributed by atoms with Gasteiger partial charge in [0.05, 0.1) is 30.7 Å². The second kappa shape index (κ2) is 12.4. The summed E-state index contributed by atoms with van der Waals surface area (Å²) in [6.07, 6.45) is 2.50. The van der Waals surface area contributed by atoms with Crippen molar-refractivity contribution in [2.75, 3.05) is 20.8 Å². The molecule has 1 fully saturated rings. The standard InChI is InChI=1S/C25H31ClN2O9/c1-12-9-14(29)10-16(34-3)19(12)22(30)20-17(35-4)11-15(21(26)23(20)31)25(33)28-27-24(32)13(2)37-18-7-5-6-8-36-18/h10-13,18-19,31H,5-9H2,1-4H3,(H,27,32)(H,28,33)/t12-,13?,18?,19?/m1/s1. The van der Waals surface area contributed by atoms with Crippen molar-refractivity contribution >= 4 is 35.0 Å². The molecule has 0 spiro atoms. The summed E-state index contributed by atoms with van der Waals surface area (Å²) in [6.45, 7) is 3.79. The van der Waals surface area contributed by atoms with E-state index in [9.17, 15) is 24.3 Å². The normalized spacial score (nSPS) is 22.5. The smallest absolute Gasteiger partial charge is 0.271 e. The van der Waals surface area contributed by atoms with Crippen LogP contribution < -0.4 is 15.6 Å². The summed E-state index contributed by atoms with van der Waals surface area (Å²) in [5, 5.41) is 10.4. The zero-order valence-electron chi connectivity index (χ0n) is 21.1. The lowest BCUT2D eigenvalue weighted by atomic mass is 9.78. The van der Waals surface area contributed by atoms with E-state index in [-0.39, 0.29) is 34.8 Å². The van der Waals surface area contributed by atoms with E-state index in [1.54, 1.807) is 6.92 Å². The van der Waals surface area contributed by atoms with Crippen LogP contribution in [0, 0.1) is 11.8 Å². The van der Waals surface area contributed by atoms with Crippen molar-refractivity contribution in [3.8, 4) is 11.5 Å². The minimum atomic E-state index is -0.908. The predicted molar refractivity (Wildman–Crippen MR) is 131 cm³/mol. The Balaban J connectivity index is 1.77. The number of allylic oxidation sites excluding steroid dienone is 2. The molecule has 3 N–H and O–H groups in total. The molecule has 12 heteroatoms. The molecule has 2 amide bonds. The van der Waals surface area contributed by atoms with Crippen molar-refractivity contribution in [2.24, 2.45) is 11.8 Å². The van der Waals surface area contributed by atoms with Crippen molar-refractivity contribution in [3.05, 3.63) is 34.1 Å². The van der Waals surface area contributed by atoms with Crippen LogP contribution in [0.2, 0.25) is 5.02 Å². The molecule has 0 bridgehead atoms. The third-order valence-electron chi connectivity index (χ3n) is 6.30. The van der Waals surface area contributed by atoms with Crippen molar-refractivity contribution in [1.29, 1.82) is 0 Å². The van der Waals surface area contributed by atoms with Crippen LogP contribution in [0.4, 0.5) is 0 Å². The number of phenolic OH excluding ortho intramolecular Hbond substituents is 1. The SMILES string of the molecule is COC1=CC(=O)C[C@@H](C)C1C(=O)c1c(OC)cc(C(=O)NNC(=O)C(C)OC2CCCCO2)c(Cl)c1O. The Bertz CT molecular complexity index is 1100. The zero-order chi connectivity index (χ0) is 27.3. The van der Waals surface area contributed by atoms with Gasteiger partial charge in [0, 0.05) is 19.1 Å². The lowest BCUT2D eigenvalue weighted by Gasteiger charge is -2.28. The molecule has 0 aromatic heterocycles. The Hall–Kier alpha value is -3.15. The number of hydrazine groups is 1. The van der Waals surface area contributed by atoms with E-state index in [0.717, 1.165) is 12.8 Å². The summed E-state index contributed by atoms with van der Waals surface area (Å²) in [7, 11) is 2.60. The second-order valence-electron chi connectivity index (χ2n) is 8.92. The Labute approximate surface area is 219 Å². The van der Waals surface area contributed by atoms with Gasteiger partial charge >= 0.3 is 0 Å². The number of nitrogens with one attached hydrogen (secondary N) is 2. The second-order valence-corrected chi connectivity index (χ2v) is 9.30. The van der Waals surface area contributed by atoms with Gasteiger partial charge in [-0.2, -0.15) is 0 Å². The van der Waals surface area contributed by atoms with E-state index in [1.807, 2.05) is 0 Å². The summed E-state index contributed by atoms with van der Waals surface area (Å²) in [4.78, 5) is 50.5. The molecule has 202 valence electrons. The highest BCUT2D eigenvalue weighted by Crippen LogP contribution is 2.42. The maximum atomic E-state index is 13.5. The average Bonchev–Trinajstić information content (AvgIpc) is 2.88. The highest BCUT2D eigenvalue weighted by Gasteiger charge is 2.39. The summed E-state index contributed by atoms with van der Waals surface area (Å²) in [5.74, 6) is -4.16. The fraction of sp³-hybridized carbons (Fsp3) is 0.520. The molecule has 11 nitrogen and oxygen atoms in total. The number of halogens is 1. The van der Waals surface area contributed by atoms with E-state index < -0.39 is 52.6 Å². The predicted octanol–water partition coefficient (Wildman–Crippen LogP) is 2.69. The number of amides is 2. The van der Waals surface area contributed by atoms with Gasteiger partial charge in [0.2, 0.25) is 0 Å². The molecule has 0 radical (unpaired) electrons. The number of aromatic hydroxyl groups is 1. The highest BCUT2D eigenvalue weighted by atomic mass is 35.5. The molecular weight excluding hydrogens is 508 g/mol. The van der Waals surface area contributed by atoms with Gasteiger partial charge in [0.15, 0.2) is 17.9 Å². The fourth-order valence-electron chi connectivity index (χ4n) is 4.33. The molecule has 1 aromatic carbocycles. The Kier molecular flexibility index (Phi) is 9.52. The molecule has 1 saturated heterocycles. The summed E-state index contributed by atoms with van der Waals surface area (Å²) in [6, 6.07) is 1.18. The van der Waals surface area contributed by atoms with Crippen LogP contribution in [-0.2, 0) is 23.8 Å². The number of methoxy groups -OCH3 is 2. The van der Waals surface area contributed by atoms with Gasteiger partial charge in [-0.25, -0.2) is 0 Å². The molecule has 4 atom stereocenters. The Morgan fingerprint density at radius 1 is 1.19 bits per heavy atom. The van der Waals surface area contributed by atoms with Crippen LogP contribution in [0.5, 0.6) is 11.5 Å². The van der Waals surface area contributed by atoms with Crippen LogP contribution in [-0.4, -0.2) is 61.7 Å². The van der Waals surface area contributed by atoms with E-state index in [2.05, 4.69) is 10.9 Å². The largest absolute Gasteiger partial charge is 0.505 e. The first kappa shape index (κ1) is 28.4. The van der Waals surface area contributed by atoms with Crippen LogP contribution in [0.1, 0.15) is 60.2 Å². The number of ether oxygens (including phenoxy) is 4. The number of hydrogen-bond acceptors (Lipinski definition) is 9. The molecule has 3 unspecified atom stereocenters. The number of rotatable bonds is 8. The topological polar surface area (TPSA) is 149 Å². The Morgan fingerprint density at radius 2 is 1.92 bits per heavy atom. The monoisotopic (exact) mass is 538 g/mol. The average molecular weight is 539 g/mol. The minimum Gasteiger partial charge on any atom is -0.505 e. The zero-order valence-corrected chi connectivity index (χ0v) is 21.8. The summed E-state index contributed by atoms with van der Waals surface area (Å²) in [5.41, 5.74) is 3.96. The number of Topliss-reactive ketones (excluding diaryl/α,β-unsaturated/α-hetero) is 1. The number of phenols is 1. The van der Waals surface area contributed by atoms with Gasteiger partial charge in [0.1, 0.15) is 28.9 Å². The highest BCUT2D eigenvalue weighted by molar-refractivity contribution is 6.36. The minimum absolute atomic E-state index is 0.117. The van der Waals surface area contributed by atoms with Crippen molar-refractivity contribution in [1.82, 2.24) is 10.9 Å². The number of carbonyl (C=O) groups is 4. The van der Waals surface area contributed by atoms with Gasteiger partial charge in [-0.1, -0.05) is 18.5 Å². The van der Waals surface area contributed by atoms with E-state index in [0.29, 0.717) is 13.0 Å². The number of benzene rings is 1. The Morgan fingerprint density at radius 3 is 2.54 bits per heavy atom. The lowest BCUT2D eigenvalue weighted by molar-refractivity contribution is -0.189. The van der Waals surface area contributed by atoms with Gasteiger partial charge in [-0.3, -0.25) is 30.0 Å². The number of hydrogen-bond donors (Lipinski definition) is 3. The first-order valence-electron chi connectivity index (χ1n) is 11.9. The molecule has 1 aliphatic heterocycles. The van der Waals surface area contributed by atoms with Gasteiger partial charge in [-0.05, 0) is 38.2 Å². The van der Waals surface area contributed by atoms with Crippen LogP contribution in [0.15, 0.2) is 17.9 Å². The van der Waals surface area contributed by atoms with Crippen molar-refractivity contribution in [3.63, 3.8) is 0 Å². The molecular formula is C25H31ClN2O9. The van der Waals surface area contributed by atoms with Gasteiger partial charge in [-0.15, -0.1) is 0 Å². The molecule has 1 aliphatic carbocycles. The third-order valence-corrected chi connectivity index (χ3v) is 6.68. The van der Waals surface area contributed by atoms with Crippen molar-refractivity contribution < 1.29 is 43.2 Å². The maximum Gasteiger partial charge on any atom is 0.271 e. The van der Waals surface area contributed by atoms with E-state index in [4.69, 9.17) is 30.5 Å². The van der Waals surface area contributed by atoms with Crippen LogP contribution in [0.25, 0.3) is 0 Å². The van der Waals surface area contributed by atoms with Crippen molar-refractivity contribution in [2.45, 2.75) is 51.9 Å². The summed E-state index contributed by atoms with van der Waals surface area (Å²) >= 11 is 6.27. The molecule has 1 aromatic rings. The molecule has 0 saturated carbocycles. The maximum absolute atomic E-state index is 13.5. The van der Waals surface area contributed by atoms with Gasteiger partial charge in [0.25, 0.3) is 11.8 Å². The first-order valence-corrected chi connectivity index (χ1v) is 12.3. The van der Waals surface area contributed by atoms with E-state index >= 15 is 0 Å². The third kappa shape index (κ3) is 6.41. The number of carbonyl (C=O) groups excluding carboxylic acids is 4. The molecule has 37 heavy (non-hydrogen) atoms. The molecule has 3 rings (SSSR count). The van der Waals surface area contributed by atoms with E-state index in [1.165, 1.54) is 33.3 Å². The lowest BCUT2D eigenvalue weighted by Crippen LogP contribution is -2.47.